The lowest BCUT2D eigenvalue weighted by Crippen LogP contribution is -2.28. The topological polar surface area (TPSA) is 70.7 Å². The number of aryl methyl sites for hydroxylation is 1. The molecule has 1 saturated carbocycles. The Balaban J connectivity index is 2.02. The number of benzene rings is 2. The Bertz CT molecular complexity index is 994. The molecule has 0 saturated heterocycles. The van der Waals surface area contributed by atoms with Crippen molar-refractivity contribution in [3.05, 3.63) is 56.2 Å². The Morgan fingerprint density at radius 3 is 2.47 bits per heavy atom. The van der Waals surface area contributed by atoms with Crippen molar-refractivity contribution in [3.8, 4) is 0 Å². The van der Waals surface area contributed by atoms with Gasteiger partial charge < -0.3 is 10.2 Å². The second-order valence-electron chi connectivity index (χ2n) is 7.44. The average molecular weight is 529 g/mol. The fraction of sp³-hybridized carbons (Fsp3) is 0.333. The Morgan fingerprint density at radius 1 is 1.17 bits per heavy atom. The van der Waals surface area contributed by atoms with E-state index in [0.717, 1.165) is 32.9 Å². The predicted octanol–water partition coefficient (Wildman–Crippen LogP) is 4.39. The highest BCUT2D eigenvalue weighted by atomic mass is 127. The van der Waals surface area contributed by atoms with Crippen molar-refractivity contribution in [2.24, 2.45) is 5.92 Å². The molecule has 0 spiro atoms. The maximum Gasteiger partial charge on any atom is 0.277 e. The van der Waals surface area contributed by atoms with Gasteiger partial charge in [0.25, 0.3) is 11.8 Å². The van der Waals surface area contributed by atoms with Crippen LogP contribution in [-0.2, 0) is 4.84 Å². The lowest BCUT2D eigenvalue weighted by Gasteiger charge is -2.18. The Labute approximate surface area is 187 Å². The quantitative estimate of drug-likeness (QED) is 0.413. The first-order chi connectivity index (χ1) is 14.2. The summed E-state index contributed by atoms with van der Waals surface area (Å²) in [5.74, 6) is -3.76. The lowest BCUT2D eigenvalue weighted by atomic mass is 10.0. The van der Waals surface area contributed by atoms with Crippen LogP contribution in [0.25, 0.3) is 0 Å². The van der Waals surface area contributed by atoms with Crippen LogP contribution in [0.3, 0.4) is 0 Å². The van der Waals surface area contributed by atoms with Crippen molar-refractivity contribution < 1.29 is 23.2 Å². The molecule has 0 aliphatic heterocycles. The minimum Gasteiger partial charge on any atom is -0.352 e. The molecule has 1 fully saturated rings. The molecule has 1 aliphatic carbocycles. The fourth-order valence-electron chi connectivity index (χ4n) is 2.79. The van der Waals surface area contributed by atoms with Crippen LogP contribution in [0.15, 0.2) is 24.3 Å². The molecule has 1 aliphatic rings. The van der Waals surface area contributed by atoms with Crippen LogP contribution in [0.1, 0.15) is 39.1 Å². The summed E-state index contributed by atoms with van der Waals surface area (Å²) in [6.45, 7) is 2.15. The Hall–Kier alpha value is -2.27. The molecule has 0 unspecified atom stereocenters. The number of rotatable bonds is 7. The predicted molar refractivity (Wildman–Crippen MR) is 118 cm³/mol. The summed E-state index contributed by atoms with van der Waals surface area (Å²) in [6.07, 6.45) is 2.06. The smallest absolute Gasteiger partial charge is 0.277 e. The number of hydroxylamine groups is 1. The Morgan fingerprint density at radius 2 is 1.87 bits per heavy atom. The number of anilines is 2. The van der Waals surface area contributed by atoms with Gasteiger partial charge in [0.1, 0.15) is 0 Å². The molecule has 0 heterocycles. The maximum absolute atomic E-state index is 15.0. The third-order valence-corrected chi connectivity index (χ3v) is 5.39. The van der Waals surface area contributed by atoms with Crippen molar-refractivity contribution in [2.75, 3.05) is 26.0 Å². The van der Waals surface area contributed by atoms with E-state index in [1.54, 1.807) is 19.1 Å². The fourth-order valence-corrected chi connectivity index (χ4v) is 3.44. The normalized spacial score (nSPS) is 13.1. The second-order valence-corrected chi connectivity index (χ2v) is 8.69. The zero-order chi connectivity index (χ0) is 22.0. The molecule has 2 amide bonds. The number of nitrogens with one attached hydrogen (secondary N) is 2. The van der Waals surface area contributed by atoms with Gasteiger partial charge in [0.05, 0.1) is 23.4 Å². The van der Waals surface area contributed by atoms with Crippen molar-refractivity contribution in [3.63, 3.8) is 0 Å². The van der Waals surface area contributed by atoms with Crippen molar-refractivity contribution in [1.82, 2.24) is 10.4 Å². The van der Waals surface area contributed by atoms with Gasteiger partial charge in [-0.15, -0.1) is 0 Å². The molecule has 6 nitrogen and oxygen atoms in total. The van der Waals surface area contributed by atoms with Gasteiger partial charge >= 0.3 is 0 Å². The molecule has 2 aromatic carbocycles. The van der Waals surface area contributed by atoms with E-state index in [-0.39, 0.29) is 11.3 Å². The van der Waals surface area contributed by atoms with E-state index < -0.39 is 29.0 Å². The molecule has 0 radical (unpaired) electrons. The van der Waals surface area contributed by atoms with Crippen LogP contribution in [0.4, 0.5) is 20.2 Å². The summed E-state index contributed by atoms with van der Waals surface area (Å²) in [6, 6.07) is 6.41. The molecule has 30 heavy (non-hydrogen) atoms. The van der Waals surface area contributed by atoms with Crippen LogP contribution in [0.2, 0.25) is 0 Å². The van der Waals surface area contributed by atoms with Crippen LogP contribution in [0, 0.1) is 28.0 Å². The minimum absolute atomic E-state index is 0.229. The molecular formula is C21H22F2IN3O3. The first kappa shape index (κ1) is 22.4. The number of nitrogens with zero attached hydrogens (tertiary/aromatic N) is 1. The van der Waals surface area contributed by atoms with Crippen LogP contribution < -0.4 is 10.8 Å². The van der Waals surface area contributed by atoms with Gasteiger partial charge in [-0.05, 0) is 78.1 Å². The molecule has 160 valence electrons. The molecular weight excluding hydrogens is 507 g/mol. The van der Waals surface area contributed by atoms with Gasteiger partial charge in [0.15, 0.2) is 11.6 Å². The third-order valence-electron chi connectivity index (χ3n) is 4.72. The molecule has 2 N–H and O–H groups in total. The SMILES string of the molecule is Cc1cc(I)ccc1Nc1c(C(=O)NOCC2CC2)cc(C(=O)N(C)C)c(F)c1F. The monoisotopic (exact) mass is 529 g/mol. The molecule has 3 rings (SSSR count). The van der Waals surface area contributed by atoms with Crippen molar-refractivity contribution in [1.29, 1.82) is 0 Å². The summed E-state index contributed by atoms with van der Waals surface area (Å²) >= 11 is 2.14. The number of amides is 2. The summed E-state index contributed by atoms with van der Waals surface area (Å²) in [7, 11) is 2.83. The van der Waals surface area contributed by atoms with Crippen LogP contribution in [-0.4, -0.2) is 37.4 Å². The molecule has 0 atom stereocenters. The van der Waals surface area contributed by atoms with E-state index in [1.165, 1.54) is 14.1 Å². The average Bonchev–Trinajstić information content (AvgIpc) is 3.51. The number of carbonyl (C=O) groups excluding carboxylic acids is 2. The van der Waals surface area contributed by atoms with Gasteiger partial charge in [0.2, 0.25) is 0 Å². The Kier molecular flexibility index (Phi) is 6.91. The van der Waals surface area contributed by atoms with Gasteiger partial charge in [0, 0.05) is 23.4 Å². The van der Waals surface area contributed by atoms with E-state index in [4.69, 9.17) is 4.84 Å². The number of hydrogen-bond donors (Lipinski definition) is 2. The first-order valence-electron chi connectivity index (χ1n) is 9.38. The largest absolute Gasteiger partial charge is 0.352 e. The molecule has 2 aromatic rings. The van der Waals surface area contributed by atoms with Gasteiger partial charge in [-0.1, -0.05) is 0 Å². The summed E-state index contributed by atoms with van der Waals surface area (Å²) in [5.41, 5.74) is 2.44. The second kappa shape index (κ2) is 9.25. The van der Waals surface area contributed by atoms with Crippen molar-refractivity contribution >= 4 is 45.8 Å². The first-order valence-corrected chi connectivity index (χ1v) is 10.5. The van der Waals surface area contributed by atoms with E-state index in [9.17, 15) is 14.0 Å². The summed E-state index contributed by atoms with van der Waals surface area (Å²) in [5, 5.41) is 2.81. The highest BCUT2D eigenvalue weighted by Gasteiger charge is 2.28. The standard InChI is InChI=1S/C21H22F2IN3O3/c1-11-8-13(24)6-7-16(11)25-19-15(20(28)26-30-10-12-4-5-12)9-14(17(22)18(19)23)21(29)27(2)3/h6-9,12,25H,4-5,10H2,1-3H3,(H,26,28). The van der Waals surface area contributed by atoms with E-state index in [1.807, 2.05) is 6.07 Å². The third kappa shape index (κ3) is 5.07. The highest BCUT2D eigenvalue weighted by Crippen LogP contribution is 2.32. The van der Waals surface area contributed by atoms with E-state index in [2.05, 4.69) is 33.4 Å². The van der Waals surface area contributed by atoms with Crippen LogP contribution in [0.5, 0.6) is 0 Å². The molecule has 9 heteroatoms. The zero-order valence-electron chi connectivity index (χ0n) is 16.8. The van der Waals surface area contributed by atoms with Gasteiger partial charge in [-0.3, -0.25) is 14.4 Å². The number of hydrogen-bond acceptors (Lipinski definition) is 4. The van der Waals surface area contributed by atoms with Crippen molar-refractivity contribution in [2.45, 2.75) is 19.8 Å². The minimum atomic E-state index is -1.32. The lowest BCUT2D eigenvalue weighted by molar-refractivity contribution is 0.0270. The molecule has 0 aromatic heterocycles. The maximum atomic E-state index is 15.0. The number of halogens is 3. The zero-order valence-corrected chi connectivity index (χ0v) is 19.0. The van der Waals surface area contributed by atoms with Gasteiger partial charge in [-0.2, -0.15) is 0 Å². The highest BCUT2D eigenvalue weighted by molar-refractivity contribution is 14.1. The molecule has 0 bridgehead atoms. The van der Waals surface area contributed by atoms with Crippen LogP contribution >= 0.6 is 22.6 Å². The van der Waals surface area contributed by atoms with Gasteiger partial charge in [-0.25, -0.2) is 14.3 Å². The number of carbonyl (C=O) groups is 2. The summed E-state index contributed by atoms with van der Waals surface area (Å²) < 4.78 is 30.7. The summed E-state index contributed by atoms with van der Waals surface area (Å²) in [4.78, 5) is 31.3. The van der Waals surface area contributed by atoms with E-state index in [0.29, 0.717) is 18.2 Å². The van der Waals surface area contributed by atoms with E-state index >= 15 is 4.39 Å².